The van der Waals surface area contributed by atoms with Crippen molar-refractivity contribution < 1.29 is 14.3 Å². The summed E-state index contributed by atoms with van der Waals surface area (Å²) in [6.45, 7) is 5.61. The Morgan fingerprint density at radius 2 is 2.10 bits per heavy atom. The average Bonchev–Trinajstić information content (AvgIpc) is 2.78. The van der Waals surface area contributed by atoms with Crippen molar-refractivity contribution in [1.29, 1.82) is 0 Å². The number of carboxylic acid groups (broad SMARTS) is 1. The molecule has 0 unspecified atom stereocenters. The second-order valence-corrected chi connectivity index (χ2v) is 6.08. The molecule has 1 heterocycles. The molecule has 4 nitrogen and oxygen atoms in total. The van der Waals surface area contributed by atoms with Gasteiger partial charge in [-0.25, -0.2) is 4.79 Å². The highest BCUT2D eigenvalue weighted by Crippen LogP contribution is 2.29. The molecule has 0 radical (unpaired) electrons. The maximum absolute atomic E-state index is 10.9. The lowest BCUT2D eigenvalue weighted by molar-refractivity contribution is 0.0695. The Morgan fingerprint density at radius 1 is 1.40 bits per heavy atom. The molecule has 0 saturated heterocycles. The van der Waals surface area contributed by atoms with Crippen molar-refractivity contribution in [2.24, 2.45) is 11.8 Å². The SMILES string of the molecule is Cc1oc(CNCCC2CCC(C)CC2)cc1C(=O)O. The minimum atomic E-state index is -0.922. The molecule has 1 fully saturated rings. The van der Waals surface area contributed by atoms with E-state index in [4.69, 9.17) is 9.52 Å². The van der Waals surface area contributed by atoms with E-state index in [0.29, 0.717) is 18.1 Å². The molecule has 0 aliphatic heterocycles. The van der Waals surface area contributed by atoms with Gasteiger partial charge in [-0.1, -0.05) is 32.6 Å². The van der Waals surface area contributed by atoms with Gasteiger partial charge in [0.25, 0.3) is 0 Å². The van der Waals surface area contributed by atoms with Gasteiger partial charge in [-0.15, -0.1) is 0 Å². The van der Waals surface area contributed by atoms with Gasteiger partial charge in [-0.2, -0.15) is 0 Å². The fraction of sp³-hybridized carbons (Fsp3) is 0.688. The summed E-state index contributed by atoms with van der Waals surface area (Å²) < 4.78 is 5.44. The summed E-state index contributed by atoms with van der Waals surface area (Å²) >= 11 is 0. The molecule has 1 aliphatic rings. The maximum atomic E-state index is 10.9. The summed E-state index contributed by atoms with van der Waals surface area (Å²) in [6, 6.07) is 1.62. The highest BCUT2D eigenvalue weighted by molar-refractivity contribution is 5.88. The van der Waals surface area contributed by atoms with Crippen molar-refractivity contribution in [2.45, 2.75) is 52.5 Å². The lowest BCUT2D eigenvalue weighted by Crippen LogP contribution is -2.20. The summed E-state index contributed by atoms with van der Waals surface area (Å²) in [5.41, 5.74) is 0.267. The summed E-state index contributed by atoms with van der Waals surface area (Å²) in [7, 11) is 0. The standard InChI is InChI=1S/C16H25NO3/c1-11-3-5-13(6-4-11)7-8-17-10-14-9-15(16(18)19)12(2)20-14/h9,11,13,17H,3-8,10H2,1-2H3,(H,18,19). The molecule has 1 aromatic rings. The number of hydrogen-bond acceptors (Lipinski definition) is 3. The van der Waals surface area contributed by atoms with Gasteiger partial charge in [-0.05, 0) is 37.8 Å². The highest BCUT2D eigenvalue weighted by atomic mass is 16.4. The van der Waals surface area contributed by atoms with E-state index in [9.17, 15) is 4.79 Å². The number of carboxylic acids is 1. The van der Waals surface area contributed by atoms with E-state index in [2.05, 4.69) is 12.2 Å². The van der Waals surface area contributed by atoms with E-state index in [0.717, 1.165) is 18.4 Å². The maximum Gasteiger partial charge on any atom is 0.339 e. The molecule has 0 amide bonds. The van der Waals surface area contributed by atoms with Crippen LogP contribution in [0.3, 0.4) is 0 Å². The van der Waals surface area contributed by atoms with Gasteiger partial charge >= 0.3 is 5.97 Å². The van der Waals surface area contributed by atoms with Crippen LogP contribution in [0.4, 0.5) is 0 Å². The first kappa shape index (κ1) is 15.1. The van der Waals surface area contributed by atoms with Crippen molar-refractivity contribution in [2.75, 3.05) is 6.54 Å². The zero-order chi connectivity index (χ0) is 14.5. The second kappa shape index (κ2) is 6.93. The molecular formula is C16H25NO3. The van der Waals surface area contributed by atoms with E-state index >= 15 is 0 Å². The van der Waals surface area contributed by atoms with Crippen LogP contribution in [0, 0.1) is 18.8 Å². The average molecular weight is 279 g/mol. The summed E-state index contributed by atoms with van der Waals surface area (Å²) in [5, 5.41) is 12.3. The molecule has 2 rings (SSSR count). The van der Waals surface area contributed by atoms with Crippen molar-refractivity contribution in [3.05, 3.63) is 23.2 Å². The first-order valence-electron chi connectivity index (χ1n) is 7.59. The molecule has 0 bridgehead atoms. The third kappa shape index (κ3) is 4.10. The fourth-order valence-electron chi connectivity index (χ4n) is 2.98. The van der Waals surface area contributed by atoms with Crippen LogP contribution in [0.15, 0.2) is 10.5 Å². The molecule has 1 aromatic heterocycles. The molecule has 2 N–H and O–H groups in total. The lowest BCUT2D eigenvalue weighted by Gasteiger charge is -2.26. The Labute approximate surface area is 120 Å². The third-order valence-corrected chi connectivity index (χ3v) is 4.36. The first-order valence-corrected chi connectivity index (χ1v) is 7.59. The van der Waals surface area contributed by atoms with Gasteiger partial charge in [0, 0.05) is 0 Å². The Kier molecular flexibility index (Phi) is 5.24. The number of hydrogen-bond donors (Lipinski definition) is 2. The van der Waals surface area contributed by atoms with Gasteiger partial charge in [-0.3, -0.25) is 0 Å². The smallest absolute Gasteiger partial charge is 0.339 e. The van der Waals surface area contributed by atoms with Crippen LogP contribution < -0.4 is 5.32 Å². The van der Waals surface area contributed by atoms with Crippen molar-refractivity contribution in [3.63, 3.8) is 0 Å². The van der Waals surface area contributed by atoms with Crippen LogP contribution in [0.25, 0.3) is 0 Å². The topological polar surface area (TPSA) is 62.5 Å². The zero-order valence-corrected chi connectivity index (χ0v) is 12.4. The van der Waals surface area contributed by atoms with E-state index in [1.54, 1.807) is 13.0 Å². The van der Waals surface area contributed by atoms with E-state index < -0.39 is 5.97 Å². The number of carbonyl (C=O) groups is 1. The van der Waals surface area contributed by atoms with Crippen LogP contribution in [0.5, 0.6) is 0 Å². The molecule has 1 aliphatic carbocycles. The van der Waals surface area contributed by atoms with Crippen molar-refractivity contribution in [1.82, 2.24) is 5.32 Å². The zero-order valence-electron chi connectivity index (χ0n) is 12.4. The van der Waals surface area contributed by atoms with Crippen molar-refractivity contribution >= 4 is 5.97 Å². The van der Waals surface area contributed by atoms with Crippen LogP contribution in [-0.4, -0.2) is 17.6 Å². The monoisotopic (exact) mass is 279 g/mol. The number of nitrogens with one attached hydrogen (secondary N) is 1. The molecule has 20 heavy (non-hydrogen) atoms. The highest BCUT2D eigenvalue weighted by Gasteiger charge is 2.18. The Morgan fingerprint density at radius 3 is 2.70 bits per heavy atom. The predicted octanol–water partition coefficient (Wildman–Crippen LogP) is 3.59. The van der Waals surface area contributed by atoms with Gasteiger partial charge in [0.15, 0.2) is 0 Å². The predicted molar refractivity (Wildman–Crippen MR) is 77.9 cm³/mol. The third-order valence-electron chi connectivity index (χ3n) is 4.36. The van der Waals surface area contributed by atoms with Crippen molar-refractivity contribution in [3.8, 4) is 0 Å². The quantitative estimate of drug-likeness (QED) is 0.781. The van der Waals surface area contributed by atoms with Crippen LogP contribution >= 0.6 is 0 Å². The first-order chi connectivity index (χ1) is 9.56. The van der Waals surface area contributed by atoms with E-state index in [-0.39, 0.29) is 5.56 Å². The Balaban J connectivity index is 1.68. The molecular weight excluding hydrogens is 254 g/mol. The second-order valence-electron chi connectivity index (χ2n) is 6.08. The number of rotatable bonds is 6. The Hall–Kier alpha value is -1.29. The lowest BCUT2D eigenvalue weighted by atomic mass is 9.81. The largest absolute Gasteiger partial charge is 0.478 e. The Bertz CT molecular complexity index is 445. The summed E-state index contributed by atoms with van der Waals surface area (Å²) in [6.07, 6.45) is 6.64. The molecule has 1 saturated carbocycles. The number of aromatic carboxylic acids is 1. The van der Waals surface area contributed by atoms with Crippen LogP contribution in [0.1, 0.15) is 60.9 Å². The molecule has 0 atom stereocenters. The van der Waals surface area contributed by atoms with Gasteiger partial charge < -0.3 is 14.8 Å². The number of furan rings is 1. The van der Waals surface area contributed by atoms with Gasteiger partial charge in [0.05, 0.1) is 6.54 Å². The van der Waals surface area contributed by atoms with Crippen LogP contribution in [-0.2, 0) is 6.54 Å². The summed E-state index contributed by atoms with van der Waals surface area (Å²) in [4.78, 5) is 10.9. The molecule has 0 aromatic carbocycles. The molecule has 0 spiro atoms. The molecule has 112 valence electrons. The minimum absolute atomic E-state index is 0.267. The van der Waals surface area contributed by atoms with Crippen LogP contribution in [0.2, 0.25) is 0 Å². The normalized spacial score (nSPS) is 22.9. The van der Waals surface area contributed by atoms with Gasteiger partial charge in [0.1, 0.15) is 17.1 Å². The number of aryl methyl sites for hydroxylation is 1. The minimum Gasteiger partial charge on any atom is -0.478 e. The van der Waals surface area contributed by atoms with E-state index in [1.165, 1.54) is 32.1 Å². The van der Waals surface area contributed by atoms with Gasteiger partial charge in [0.2, 0.25) is 0 Å². The van der Waals surface area contributed by atoms with E-state index in [1.807, 2.05) is 0 Å². The molecule has 4 heteroatoms. The summed E-state index contributed by atoms with van der Waals surface area (Å²) in [5.74, 6) is 2.02. The fourth-order valence-corrected chi connectivity index (χ4v) is 2.98.